The van der Waals surface area contributed by atoms with Crippen LogP contribution in [0.1, 0.15) is 35.3 Å². The Kier molecular flexibility index (Phi) is 6.19. The minimum Gasteiger partial charge on any atom is -0.372 e. The monoisotopic (exact) mass is 521 g/mol. The van der Waals surface area contributed by atoms with Crippen LogP contribution in [0.15, 0.2) is 85.2 Å². The number of nitrogens with one attached hydrogen (secondary N) is 1. The summed E-state index contributed by atoms with van der Waals surface area (Å²) in [6.07, 6.45) is -2.51. The molecule has 1 aromatic heterocycles. The molecule has 2 heterocycles. The molecule has 1 aliphatic rings. The van der Waals surface area contributed by atoms with Crippen LogP contribution in [0.3, 0.4) is 0 Å². The van der Waals surface area contributed by atoms with Crippen LogP contribution in [-0.2, 0) is 11.6 Å². The number of pyridine rings is 1. The Hall–Kier alpha value is -4.24. The molecule has 1 atom stereocenters. The fourth-order valence-electron chi connectivity index (χ4n) is 4.90. The van der Waals surface area contributed by atoms with Crippen molar-refractivity contribution < 1.29 is 27.5 Å². The summed E-state index contributed by atoms with van der Waals surface area (Å²) < 4.78 is 54.9. The third-order valence-electron chi connectivity index (χ3n) is 6.74. The number of benzene rings is 3. The highest BCUT2D eigenvalue weighted by Gasteiger charge is 2.46. The highest BCUT2D eigenvalue weighted by molar-refractivity contribution is 6.06. The van der Waals surface area contributed by atoms with Gasteiger partial charge in [0.15, 0.2) is 0 Å². The van der Waals surface area contributed by atoms with Crippen LogP contribution in [0.2, 0.25) is 0 Å². The Morgan fingerprint density at radius 2 is 1.76 bits per heavy atom. The molecule has 0 aliphatic carbocycles. The van der Waals surface area contributed by atoms with Crippen molar-refractivity contribution in [2.24, 2.45) is 0 Å². The molecule has 0 fully saturated rings. The zero-order valence-corrected chi connectivity index (χ0v) is 20.4. The number of aliphatic hydroxyl groups excluding tert-OH is 1. The summed E-state index contributed by atoms with van der Waals surface area (Å²) in [6, 6.07) is 17.0. The number of fused-ring (bicyclic) bond motifs is 1. The van der Waals surface area contributed by atoms with Crippen molar-refractivity contribution in [3.05, 3.63) is 108 Å². The Bertz CT molecular complexity index is 1500. The third-order valence-corrected chi connectivity index (χ3v) is 6.74. The van der Waals surface area contributed by atoms with Gasteiger partial charge in [0.05, 0.1) is 23.0 Å². The molecule has 0 bridgehead atoms. The second-order valence-corrected chi connectivity index (χ2v) is 9.60. The highest BCUT2D eigenvalue weighted by atomic mass is 19.4. The summed E-state index contributed by atoms with van der Waals surface area (Å²) in [5, 5.41) is 13.7. The number of carbonyl (C=O) groups excluding carboxylic acids is 1. The number of hydrogen-bond acceptors (Lipinski definition) is 4. The first-order valence-electron chi connectivity index (χ1n) is 11.8. The molecule has 1 unspecified atom stereocenters. The SMILES string of the molecule is CC1(C)c2c(-c3ccc(C(F)(F)F)c(C(=O)Nc4ccc(F)cc4)c3)cccc2N(c2cccnc2)C1O. The molecule has 4 aromatic rings. The second kappa shape index (κ2) is 9.25. The minimum absolute atomic E-state index is 0.159. The van der Waals surface area contributed by atoms with Gasteiger partial charge in [-0.25, -0.2) is 4.39 Å². The molecule has 0 saturated carbocycles. The van der Waals surface area contributed by atoms with Crippen molar-refractivity contribution in [2.75, 3.05) is 10.2 Å². The number of nitrogens with zero attached hydrogens (tertiary/aromatic N) is 2. The van der Waals surface area contributed by atoms with Crippen LogP contribution in [0.25, 0.3) is 11.1 Å². The minimum atomic E-state index is -4.78. The number of aliphatic hydroxyl groups is 1. The van der Waals surface area contributed by atoms with Crippen LogP contribution in [0, 0.1) is 5.82 Å². The molecule has 5 nitrogen and oxygen atoms in total. The fourth-order valence-corrected chi connectivity index (χ4v) is 4.90. The Morgan fingerprint density at radius 1 is 1.03 bits per heavy atom. The van der Waals surface area contributed by atoms with Gasteiger partial charge in [-0.2, -0.15) is 13.2 Å². The van der Waals surface area contributed by atoms with E-state index >= 15 is 0 Å². The number of aromatic nitrogens is 1. The first-order valence-corrected chi connectivity index (χ1v) is 11.8. The van der Waals surface area contributed by atoms with E-state index in [-0.39, 0.29) is 5.69 Å². The zero-order valence-electron chi connectivity index (χ0n) is 20.4. The first-order chi connectivity index (χ1) is 18.0. The van der Waals surface area contributed by atoms with E-state index in [1.54, 1.807) is 35.5 Å². The molecule has 1 amide bonds. The average molecular weight is 522 g/mol. The molecule has 0 saturated heterocycles. The molecule has 9 heteroatoms. The predicted molar refractivity (Wildman–Crippen MR) is 137 cm³/mol. The topological polar surface area (TPSA) is 65.5 Å². The quantitative estimate of drug-likeness (QED) is 0.287. The Balaban J connectivity index is 1.64. The lowest BCUT2D eigenvalue weighted by Gasteiger charge is -2.30. The predicted octanol–water partition coefficient (Wildman–Crippen LogP) is 6.91. The van der Waals surface area contributed by atoms with Gasteiger partial charge in [-0.3, -0.25) is 9.78 Å². The van der Waals surface area contributed by atoms with E-state index in [4.69, 9.17) is 0 Å². The van der Waals surface area contributed by atoms with E-state index in [2.05, 4.69) is 10.3 Å². The average Bonchev–Trinajstić information content (AvgIpc) is 3.10. The molecular weight excluding hydrogens is 498 g/mol. The molecule has 0 spiro atoms. The van der Waals surface area contributed by atoms with Gasteiger partial charge in [0.2, 0.25) is 0 Å². The standard InChI is InChI=1S/C29H23F4N3O2/c1-28(2)25-21(6-3-7-24(25)36(27(28)38)20-5-4-14-34-16-20)17-8-13-23(29(31,32)33)22(15-17)26(37)35-19-11-9-18(30)10-12-19/h3-16,27,38H,1-2H3,(H,35,37). The number of rotatable bonds is 4. The van der Waals surface area contributed by atoms with Crippen molar-refractivity contribution in [3.8, 4) is 11.1 Å². The second-order valence-electron chi connectivity index (χ2n) is 9.60. The van der Waals surface area contributed by atoms with Crippen molar-refractivity contribution in [1.82, 2.24) is 4.98 Å². The molecular formula is C29H23F4N3O2. The number of alkyl halides is 3. The molecule has 1 aliphatic heterocycles. The normalized spacial score (nSPS) is 16.3. The van der Waals surface area contributed by atoms with E-state index in [0.717, 1.165) is 23.8 Å². The Morgan fingerprint density at radius 3 is 2.42 bits per heavy atom. The maximum atomic E-state index is 13.9. The van der Waals surface area contributed by atoms with Gasteiger partial charge in [-0.1, -0.05) is 32.0 Å². The van der Waals surface area contributed by atoms with Gasteiger partial charge >= 0.3 is 6.18 Å². The largest absolute Gasteiger partial charge is 0.417 e. The van der Waals surface area contributed by atoms with Crippen molar-refractivity contribution >= 4 is 23.0 Å². The van der Waals surface area contributed by atoms with Crippen LogP contribution in [0.5, 0.6) is 0 Å². The summed E-state index contributed by atoms with van der Waals surface area (Å²) >= 11 is 0. The number of amides is 1. The summed E-state index contributed by atoms with van der Waals surface area (Å²) in [5.74, 6) is -1.52. The van der Waals surface area contributed by atoms with Gasteiger partial charge in [0, 0.05) is 23.0 Å². The van der Waals surface area contributed by atoms with Gasteiger partial charge in [-0.15, -0.1) is 0 Å². The van der Waals surface area contributed by atoms with E-state index in [0.29, 0.717) is 22.5 Å². The lowest BCUT2D eigenvalue weighted by molar-refractivity contribution is -0.137. The van der Waals surface area contributed by atoms with E-state index < -0.39 is 40.7 Å². The Labute approximate surface area is 216 Å². The van der Waals surface area contributed by atoms with Crippen molar-refractivity contribution in [2.45, 2.75) is 31.7 Å². The van der Waals surface area contributed by atoms with Crippen LogP contribution < -0.4 is 10.2 Å². The summed E-state index contributed by atoms with van der Waals surface area (Å²) in [4.78, 5) is 18.9. The maximum Gasteiger partial charge on any atom is 0.417 e. The molecule has 2 N–H and O–H groups in total. The van der Waals surface area contributed by atoms with Crippen LogP contribution >= 0.6 is 0 Å². The molecule has 194 valence electrons. The lowest BCUT2D eigenvalue weighted by atomic mass is 9.80. The van der Waals surface area contributed by atoms with Crippen LogP contribution in [-0.4, -0.2) is 22.2 Å². The number of anilines is 3. The highest BCUT2D eigenvalue weighted by Crippen LogP contribution is 2.51. The number of carbonyl (C=O) groups is 1. The van der Waals surface area contributed by atoms with Crippen molar-refractivity contribution in [3.63, 3.8) is 0 Å². The smallest absolute Gasteiger partial charge is 0.372 e. The van der Waals surface area contributed by atoms with E-state index in [9.17, 15) is 27.5 Å². The molecule has 38 heavy (non-hydrogen) atoms. The molecule has 0 radical (unpaired) electrons. The zero-order chi connectivity index (χ0) is 27.2. The van der Waals surface area contributed by atoms with Crippen molar-refractivity contribution in [1.29, 1.82) is 0 Å². The number of halogens is 4. The summed E-state index contributed by atoms with van der Waals surface area (Å²) in [6.45, 7) is 3.70. The maximum absolute atomic E-state index is 13.9. The van der Waals surface area contributed by atoms with Crippen LogP contribution in [0.4, 0.5) is 34.6 Å². The summed E-state index contributed by atoms with van der Waals surface area (Å²) in [7, 11) is 0. The van der Waals surface area contributed by atoms with E-state index in [1.165, 1.54) is 24.3 Å². The molecule has 3 aromatic carbocycles. The lowest BCUT2D eigenvalue weighted by Crippen LogP contribution is -2.38. The van der Waals surface area contributed by atoms with Gasteiger partial charge in [0.1, 0.15) is 12.0 Å². The first kappa shape index (κ1) is 25.4. The third kappa shape index (κ3) is 4.39. The number of hydrogen-bond donors (Lipinski definition) is 2. The van der Waals surface area contributed by atoms with Gasteiger partial charge < -0.3 is 15.3 Å². The van der Waals surface area contributed by atoms with Gasteiger partial charge in [-0.05, 0) is 71.3 Å². The molecule has 5 rings (SSSR count). The van der Waals surface area contributed by atoms with E-state index in [1.807, 2.05) is 26.0 Å². The fraction of sp³-hybridized carbons (Fsp3) is 0.172. The van der Waals surface area contributed by atoms with Gasteiger partial charge in [0.25, 0.3) is 5.91 Å². The summed E-state index contributed by atoms with van der Waals surface area (Å²) in [5.41, 5.74) is 0.715.